The Morgan fingerprint density at radius 3 is 3.10 bits per heavy atom. The standard InChI is InChI=1S/C17H21NO3/c1-13-6-7-15(5-3-9-19)16(11-13)17(20)18-8-4-10-21-14(2)12-18/h6-7,11,14,19H,4,8-10,12H2,1-2H3. The second-order valence-corrected chi connectivity index (χ2v) is 5.30. The van der Waals surface area contributed by atoms with E-state index >= 15 is 0 Å². The molecular formula is C17H21NO3. The van der Waals surface area contributed by atoms with Crippen LogP contribution in [0.4, 0.5) is 0 Å². The molecule has 2 rings (SSSR count). The zero-order chi connectivity index (χ0) is 15.2. The van der Waals surface area contributed by atoms with Gasteiger partial charge in [0.15, 0.2) is 0 Å². The first kappa shape index (κ1) is 15.6. The van der Waals surface area contributed by atoms with E-state index in [0.717, 1.165) is 12.0 Å². The Kier molecular flexibility index (Phi) is 5.38. The molecule has 1 aromatic carbocycles. The van der Waals surface area contributed by atoms with Gasteiger partial charge in [-0.3, -0.25) is 4.79 Å². The molecule has 1 N–H and O–H groups in total. The number of nitrogens with zero attached hydrogens (tertiary/aromatic N) is 1. The number of hydrogen-bond acceptors (Lipinski definition) is 3. The molecule has 1 saturated heterocycles. The minimum atomic E-state index is -0.212. The first-order valence-electron chi connectivity index (χ1n) is 7.23. The first-order valence-corrected chi connectivity index (χ1v) is 7.23. The summed E-state index contributed by atoms with van der Waals surface area (Å²) in [6, 6.07) is 5.62. The fraction of sp³-hybridized carbons (Fsp3) is 0.471. The van der Waals surface area contributed by atoms with Crippen LogP contribution in [0.25, 0.3) is 0 Å². The van der Waals surface area contributed by atoms with E-state index in [4.69, 9.17) is 9.84 Å². The van der Waals surface area contributed by atoms with Crippen molar-refractivity contribution in [3.05, 3.63) is 34.9 Å². The van der Waals surface area contributed by atoms with Gasteiger partial charge in [-0.1, -0.05) is 23.5 Å². The molecule has 1 fully saturated rings. The second-order valence-electron chi connectivity index (χ2n) is 5.30. The van der Waals surface area contributed by atoms with Crippen LogP contribution in [0.2, 0.25) is 0 Å². The third-order valence-electron chi connectivity index (χ3n) is 3.45. The molecule has 1 aliphatic rings. The number of hydrogen-bond donors (Lipinski definition) is 1. The lowest BCUT2D eigenvalue weighted by atomic mass is 10.0. The Balaban J connectivity index is 2.30. The molecule has 0 saturated carbocycles. The Hall–Kier alpha value is -1.83. The van der Waals surface area contributed by atoms with Crippen LogP contribution in [0, 0.1) is 18.8 Å². The zero-order valence-electron chi connectivity index (χ0n) is 12.6. The van der Waals surface area contributed by atoms with Crippen molar-refractivity contribution < 1.29 is 14.6 Å². The van der Waals surface area contributed by atoms with E-state index in [1.54, 1.807) is 0 Å². The van der Waals surface area contributed by atoms with E-state index in [0.29, 0.717) is 30.8 Å². The summed E-state index contributed by atoms with van der Waals surface area (Å²) in [5.74, 6) is 5.46. The van der Waals surface area contributed by atoms with Crippen LogP contribution in [-0.4, -0.2) is 48.3 Å². The lowest BCUT2D eigenvalue weighted by Crippen LogP contribution is -2.36. The molecule has 0 spiro atoms. The maximum atomic E-state index is 12.8. The smallest absolute Gasteiger partial charge is 0.255 e. The Morgan fingerprint density at radius 2 is 2.33 bits per heavy atom. The van der Waals surface area contributed by atoms with Crippen molar-refractivity contribution in [3.8, 4) is 11.8 Å². The number of rotatable bonds is 1. The molecule has 0 aliphatic carbocycles. The molecule has 0 bridgehead atoms. The molecule has 112 valence electrons. The highest BCUT2D eigenvalue weighted by Crippen LogP contribution is 2.16. The van der Waals surface area contributed by atoms with Gasteiger partial charge < -0.3 is 14.7 Å². The van der Waals surface area contributed by atoms with Gasteiger partial charge in [0, 0.05) is 25.3 Å². The van der Waals surface area contributed by atoms with Gasteiger partial charge >= 0.3 is 0 Å². The molecule has 1 atom stereocenters. The van der Waals surface area contributed by atoms with Gasteiger partial charge in [0.05, 0.1) is 11.7 Å². The summed E-state index contributed by atoms with van der Waals surface area (Å²) in [7, 11) is 0. The minimum Gasteiger partial charge on any atom is -0.384 e. The van der Waals surface area contributed by atoms with Crippen LogP contribution in [0.15, 0.2) is 18.2 Å². The van der Waals surface area contributed by atoms with Crippen LogP contribution >= 0.6 is 0 Å². The highest BCUT2D eigenvalue weighted by atomic mass is 16.5. The molecular weight excluding hydrogens is 266 g/mol. The predicted octanol–water partition coefficient (Wildman–Crippen LogP) is 1.59. The van der Waals surface area contributed by atoms with E-state index in [-0.39, 0.29) is 18.6 Å². The van der Waals surface area contributed by atoms with Gasteiger partial charge in [-0.15, -0.1) is 0 Å². The lowest BCUT2D eigenvalue weighted by molar-refractivity contribution is 0.0562. The van der Waals surface area contributed by atoms with Crippen molar-refractivity contribution in [1.29, 1.82) is 0 Å². The molecule has 1 amide bonds. The van der Waals surface area contributed by atoms with Gasteiger partial charge in [-0.25, -0.2) is 0 Å². The van der Waals surface area contributed by atoms with E-state index in [9.17, 15) is 4.79 Å². The number of benzene rings is 1. The summed E-state index contributed by atoms with van der Waals surface area (Å²) < 4.78 is 5.58. The van der Waals surface area contributed by atoms with Crippen molar-refractivity contribution >= 4 is 5.91 Å². The highest BCUT2D eigenvalue weighted by molar-refractivity contribution is 5.97. The Morgan fingerprint density at radius 1 is 1.52 bits per heavy atom. The quantitative estimate of drug-likeness (QED) is 0.798. The zero-order valence-corrected chi connectivity index (χ0v) is 12.6. The number of aliphatic hydroxyl groups is 1. The van der Waals surface area contributed by atoms with Crippen molar-refractivity contribution in [3.63, 3.8) is 0 Å². The third-order valence-corrected chi connectivity index (χ3v) is 3.45. The number of amides is 1. The SMILES string of the molecule is Cc1ccc(C#CCO)c(C(=O)N2CCCOC(C)C2)c1. The van der Waals surface area contributed by atoms with Crippen LogP contribution < -0.4 is 0 Å². The summed E-state index contributed by atoms with van der Waals surface area (Å²) in [5, 5.41) is 8.85. The fourth-order valence-electron chi connectivity index (χ4n) is 2.43. The normalized spacial score (nSPS) is 18.6. The van der Waals surface area contributed by atoms with Crippen LogP contribution in [0.1, 0.15) is 34.8 Å². The van der Waals surface area contributed by atoms with Crippen molar-refractivity contribution in [1.82, 2.24) is 4.90 Å². The van der Waals surface area contributed by atoms with Crippen molar-refractivity contribution in [2.45, 2.75) is 26.4 Å². The van der Waals surface area contributed by atoms with Gasteiger partial charge in [0.1, 0.15) is 6.61 Å². The molecule has 0 aromatic heterocycles. The average molecular weight is 287 g/mol. The van der Waals surface area contributed by atoms with Crippen molar-refractivity contribution in [2.24, 2.45) is 0 Å². The molecule has 21 heavy (non-hydrogen) atoms. The van der Waals surface area contributed by atoms with Crippen molar-refractivity contribution in [2.75, 3.05) is 26.3 Å². The topological polar surface area (TPSA) is 49.8 Å². The molecule has 1 heterocycles. The van der Waals surface area contributed by atoms with E-state index < -0.39 is 0 Å². The average Bonchev–Trinajstić information content (AvgIpc) is 2.70. The lowest BCUT2D eigenvalue weighted by Gasteiger charge is -2.23. The molecule has 4 nitrogen and oxygen atoms in total. The maximum Gasteiger partial charge on any atom is 0.255 e. The number of aliphatic hydroxyl groups excluding tert-OH is 1. The largest absolute Gasteiger partial charge is 0.384 e. The summed E-state index contributed by atoms with van der Waals surface area (Å²) >= 11 is 0. The molecule has 1 aromatic rings. The summed E-state index contributed by atoms with van der Waals surface area (Å²) in [6.45, 7) is 5.71. The molecule has 1 aliphatic heterocycles. The fourth-order valence-corrected chi connectivity index (χ4v) is 2.43. The van der Waals surface area contributed by atoms with Crippen LogP contribution in [-0.2, 0) is 4.74 Å². The Labute approximate surface area is 125 Å². The van der Waals surface area contributed by atoms with Crippen LogP contribution in [0.3, 0.4) is 0 Å². The first-order chi connectivity index (χ1) is 10.1. The van der Waals surface area contributed by atoms with Gasteiger partial charge in [-0.05, 0) is 32.4 Å². The highest BCUT2D eigenvalue weighted by Gasteiger charge is 2.22. The van der Waals surface area contributed by atoms with Crippen LogP contribution in [0.5, 0.6) is 0 Å². The monoisotopic (exact) mass is 287 g/mol. The molecule has 0 radical (unpaired) electrons. The van der Waals surface area contributed by atoms with E-state index in [1.807, 2.05) is 36.9 Å². The number of carbonyl (C=O) groups excluding carboxylic acids is 1. The van der Waals surface area contributed by atoms with Gasteiger partial charge in [0.2, 0.25) is 0 Å². The predicted molar refractivity (Wildman–Crippen MR) is 81.1 cm³/mol. The maximum absolute atomic E-state index is 12.8. The number of ether oxygens (including phenoxy) is 1. The minimum absolute atomic E-state index is 0.0155. The summed E-state index contributed by atoms with van der Waals surface area (Å²) in [6.07, 6.45) is 0.896. The Bertz CT molecular complexity index is 571. The summed E-state index contributed by atoms with van der Waals surface area (Å²) in [4.78, 5) is 14.6. The number of aryl methyl sites for hydroxylation is 1. The van der Waals surface area contributed by atoms with Gasteiger partial charge in [0.25, 0.3) is 5.91 Å². The molecule has 1 unspecified atom stereocenters. The number of carbonyl (C=O) groups is 1. The van der Waals surface area contributed by atoms with Gasteiger partial charge in [-0.2, -0.15) is 0 Å². The third kappa shape index (κ3) is 4.07. The summed E-state index contributed by atoms with van der Waals surface area (Å²) in [5.41, 5.74) is 2.29. The van der Waals surface area contributed by atoms with E-state index in [2.05, 4.69) is 11.8 Å². The van der Waals surface area contributed by atoms with E-state index in [1.165, 1.54) is 0 Å². The second kappa shape index (κ2) is 7.26. The molecule has 4 heteroatoms.